The highest BCUT2D eigenvalue weighted by Crippen LogP contribution is 2.29. The molecular weight excluding hydrogens is 442 g/mol. The number of ether oxygens (including phenoxy) is 1. The average molecular weight is 466 g/mol. The number of aromatic nitrogens is 1. The smallest absolute Gasteiger partial charge is 0.280 e. The van der Waals surface area contributed by atoms with Gasteiger partial charge in [0.1, 0.15) is 16.3 Å². The second-order valence-electron chi connectivity index (χ2n) is 7.96. The molecule has 0 bridgehead atoms. The zero-order chi connectivity index (χ0) is 23.8. The van der Waals surface area contributed by atoms with Gasteiger partial charge < -0.3 is 4.74 Å². The number of hydrogen-bond acceptors (Lipinski definition) is 6. The van der Waals surface area contributed by atoms with Crippen LogP contribution in [0.3, 0.4) is 0 Å². The van der Waals surface area contributed by atoms with Crippen LogP contribution in [0.4, 0.5) is 5.69 Å². The monoisotopic (exact) mass is 465 g/mol. The molecule has 0 fully saturated rings. The highest BCUT2D eigenvalue weighted by Gasteiger charge is 2.36. The van der Waals surface area contributed by atoms with E-state index in [0.717, 1.165) is 10.5 Å². The molecule has 8 nitrogen and oxygen atoms in total. The third kappa shape index (κ3) is 4.31. The maximum Gasteiger partial charge on any atom is 0.280 e. The molecule has 0 spiro atoms. The van der Waals surface area contributed by atoms with Gasteiger partial charge in [-0.15, -0.1) is 0 Å². The molecule has 3 aromatic rings. The largest absolute Gasteiger partial charge is 0.495 e. The molecule has 0 unspecified atom stereocenters. The number of carbonyl (C=O) groups excluding carboxylic acids is 2. The van der Waals surface area contributed by atoms with Crippen LogP contribution in [0.25, 0.3) is 0 Å². The molecule has 1 N–H and O–H groups in total. The molecule has 4 rings (SSSR count). The molecule has 0 atom stereocenters. The van der Waals surface area contributed by atoms with Crippen molar-refractivity contribution in [3.63, 3.8) is 0 Å². The molecule has 0 aliphatic carbocycles. The standard InChI is InChI=1S/C24H23N3O5S/c1-15(2)17-7-9-18(10-8-17)26-33(30,31)21-13-16(6-11-20(21)32-3)14-27-23(28)19-5-4-12-25-22(19)24(27)29/h4-13,15,26H,14H2,1-3H3. The van der Waals surface area contributed by atoms with Crippen molar-refractivity contribution in [1.29, 1.82) is 0 Å². The predicted octanol–water partition coefficient (Wildman–Crippen LogP) is 3.81. The minimum Gasteiger partial charge on any atom is -0.495 e. The Morgan fingerprint density at radius 3 is 2.39 bits per heavy atom. The summed E-state index contributed by atoms with van der Waals surface area (Å²) in [7, 11) is -2.63. The van der Waals surface area contributed by atoms with E-state index in [4.69, 9.17) is 4.74 Å². The maximum absolute atomic E-state index is 13.1. The number of nitrogens with one attached hydrogen (secondary N) is 1. The Hall–Kier alpha value is -3.72. The van der Waals surface area contributed by atoms with Gasteiger partial charge in [-0.1, -0.05) is 32.0 Å². The van der Waals surface area contributed by atoms with Crippen LogP contribution in [0.2, 0.25) is 0 Å². The molecule has 170 valence electrons. The fourth-order valence-electron chi connectivity index (χ4n) is 3.62. The Morgan fingerprint density at radius 1 is 1.03 bits per heavy atom. The summed E-state index contributed by atoms with van der Waals surface area (Å²) in [6, 6.07) is 14.8. The van der Waals surface area contributed by atoms with Crippen molar-refractivity contribution in [2.75, 3.05) is 11.8 Å². The van der Waals surface area contributed by atoms with E-state index in [0.29, 0.717) is 17.2 Å². The lowest BCUT2D eigenvalue weighted by atomic mass is 10.0. The quantitative estimate of drug-likeness (QED) is 0.532. The second kappa shape index (κ2) is 8.67. The van der Waals surface area contributed by atoms with Crippen molar-refractivity contribution >= 4 is 27.5 Å². The van der Waals surface area contributed by atoms with Gasteiger partial charge in [-0.25, -0.2) is 8.42 Å². The molecule has 1 aliphatic heterocycles. The van der Waals surface area contributed by atoms with Crippen LogP contribution in [-0.2, 0) is 16.6 Å². The minimum absolute atomic E-state index is 0.0924. The lowest BCUT2D eigenvalue weighted by Crippen LogP contribution is -2.29. The summed E-state index contributed by atoms with van der Waals surface area (Å²) < 4.78 is 34.1. The first-order valence-electron chi connectivity index (χ1n) is 10.3. The van der Waals surface area contributed by atoms with Crippen molar-refractivity contribution < 1.29 is 22.7 Å². The minimum atomic E-state index is -4.00. The number of sulfonamides is 1. The van der Waals surface area contributed by atoms with E-state index in [9.17, 15) is 18.0 Å². The average Bonchev–Trinajstić information content (AvgIpc) is 3.04. The van der Waals surface area contributed by atoms with E-state index in [2.05, 4.69) is 23.6 Å². The van der Waals surface area contributed by atoms with Crippen LogP contribution in [0.15, 0.2) is 65.7 Å². The summed E-state index contributed by atoms with van der Waals surface area (Å²) >= 11 is 0. The highest BCUT2D eigenvalue weighted by atomic mass is 32.2. The molecular formula is C24H23N3O5S. The van der Waals surface area contributed by atoms with E-state index in [1.807, 2.05) is 12.1 Å². The molecule has 2 heterocycles. The topological polar surface area (TPSA) is 106 Å². The van der Waals surface area contributed by atoms with Gasteiger partial charge in [0, 0.05) is 11.9 Å². The maximum atomic E-state index is 13.1. The number of hydrogen-bond donors (Lipinski definition) is 1. The van der Waals surface area contributed by atoms with Gasteiger partial charge in [0.15, 0.2) is 0 Å². The summed E-state index contributed by atoms with van der Waals surface area (Å²) in [5.74, 6) is -0.509. The van der Waals surface area contributed by atoms with Crippen molar-refractivity contribution in [1.82, 2.24) is 9.88 Å². The number of pyridine rings is 1. The third-order valence-electron chi connectivity index (χ3n) is 5.42. The number of benzene rings is 2. The summed E-state index contributed by atoms with van der Waals surface area (Å²) in [4.78, 5) is 30.2. The van der Waals surface area contributed by atoms with E-state index in [-0.39, 0.29) is 28.4 Å². The zero-order valence-corrected chi connectivity index (χ0v) is 19.2. The molecule has 1 aliphatic rings. The Labute approximate surface area is 192 Å². The molecule has 0 radical (unpaired) electrons. The lowest BCUT2D eigenvalue weighted by molar-refractivity contribution is 0.0640. The second-order valence-corrected chi connectivity index (χ2v) is 9.61. The molecule has 33 heavy (non-hydrogen) atoms. The van der Waals surface area contributed by atoms with Crippen LogP contribution in [-0.4, -0.2) is 37.2 Å². The molecule has 2 aromatic carbocycles. The number of carbonyl (C=O) groups is 2. The van der Waals surface area contributed by atoms with Crippen LogP contribution in [0.1, 0.15) is 51.7 Å². The number of anilines is 1. The number of rotatable bonds is 7. The van der Waals surface area contributed by atoms with E-state index in [1.54, 1.807) is 30.3 Å². The molecule has 1 aromatic heterocycles. The Balaban J connectivity index is 1.62. The molecule has 0 saturated heterocycles. The number of fused-ring (bicyclic) bond motifs is 1. The fraction of sp³-hybridized carbons (Fsp3) is 0.208. The first-order chi connectivity index (χ1) is 15.7. The van der Waals surface area contributed by atoms with E-state index in [1.165, 1.54) is 25.4 Å². The van der Waals surface area contributed by atoms with E-state index >= 15 is 0 Å². The number of imide groups is 1. The van der Waals surface area contributed by atoms with Gasteiger partial charge in [-0.2, -0.15) is 0 Å². The third-order valence-corrected chi connectivity index (χ3v) is 6.82. The summed E-state index contributed by atoms with van der Waals surface area (Å²) in [6.07, 6.45) is 1.45. The van der Waals surface area contributed by atoms with Crippen LogP contribution in [0, 0.1) is 0 Å². The number of nitrogens with zero attached hydrogens (tertiary/aromatic N) is 2. The molecule has 9 heteroatoms. The Kier molecular flexibility index (Phi) is 5.90. The Morgan fingerprint density at radius 2 is 1.76 bits per heavy atom. The fourth-order valence-corrected chi connectivity index (χ4v) is 4.89. The zero-order valence-electron chi connectivity index (χ0n) is 18.4. The van der Waals surface area contributed by atoms with Gasteiger partial charge in [0.25, 0.3) is 21.8 Å². The van der Waals surface area contributed by atoms with Crippen LogP contribution in [0.5, 0.6) is 5.75 Å². The van der Waals surface area contributed by atoms with Gasteiger partial charge >= 0.3 is 0 Å². The normalized spacial score (nSPS) is 13.4. The van der Waals surface area contributed by atoms with Crippen molar-refractivity contribution in [2.24, 2.45) is 0 Å². The highest BCUT2D eigenvalue weighted by molar-refractivity contribution is 7.92. The molecule has 0 saturated carbocycles. The van der Waals surface area contributed by atoms with Crippen molar-refractivity contribution in [3.05, 3.63) is 83.2 Å². The summed E-state index contributed by atoms with van der Waals surface area (Å²) in [5.41, 5.74) is 2.29. The van der Waals surface area contributed by atoms with E-state index < -0.39 is 21.8 Å². The van der Waals surface area contributed by atoms with Gasteiger partial charge in [-0.3, -0.25) is 24.2 Å². The van der Waals surface area contributed by atoms with Crippen LogP contribution >= 0.6 is 0 Å². The summed E-state index contributed by atoms with van der Waals surface area (Å²) in [6.45, 7) is 4.02. The summed E-state index contributed by atoms with van der Waals surface area (Å²) in [5, 5.41) is 0. The van der Waals surface area contributed by atoms with Gasteiger partial charge in [0.2, 0.25) is 0 Å². The van der Waals surface area contributed by atoms with Crippen molar-refractivity contribution in [2.45, 2.75) is 31.2 Å². The number of amides is 2. The SMILES string of the molecule is COc1ccc(CN2C(=O)c3cccnc3C2=O)cc1S(=O)(=O)Nc1ccc(C(C)C)cc1. The van der Waals surface area contributed by atoms with Gasteiger partial charge in [0.05, 0.1) is 19.2 Å². The number of methoxy groups -OCH3 is 1. The van der Waals surface area contributed by atoms with Gasteiger partial charge in [-0.05, 0) is 53.4 Å². The van der Waals surface area contributed by atoms with Crippen molar-refractivity contribution in [3.8, 4) is 5.75 Å². The van der Waals surface area contributed by atoms with Crippen LogP contribution < -0.4 is 9.46 Å². The first kappa shape index (κ1) is 22.5. The Bertz CT molecular complexity index is 1300. The predicted molar refractivity (Wildman–Crippen MR) is 123 cm³/mol. The lowest BCUT2D eigenvalue weighted by Gasteiger charge is -2.17. The molecule has 2 amide bonds. The first-order valence-corrected chi connectivity index (χ1v) is 11.8.